The average molecular weight is 486 g/mol. The molecule has 2 rings (SSSR count). The first kappa shape index (κ1) is 26.0. The van der Waals surface area contributed by atoms with E-state index in [1.165, 1.54) is 18.2 Å². The van der Waals surface area contributed by atoms with E-state index in [9.17, 15) is 22.8 Å². The minimum atomic E-state index is -4.50. The Bertz CT molecular complexity index is 921. The number of likely N-dealkylation sites (N-methyl/N-ethyl adjacent to an activating group) is 1. The van der Waals surface area contributed by atoms with Crippen molar-refractivity contribution < 1.29 is 27.2 Å². The van der Waals surface area contributed by atoms with Crippen LogP contribution in [0, 0.1) is 0 Å². The highest BCUT2D eigenvalue weighted by Gasteiger charge is 2.31. The molecular formula is C19H20Cl3F3N3O2+. The molecule has 0 radical (unpaired) electrons. The standard InChI is InChI=1S/C19H18Cl2F3N3O2.ClH/c1-27(2,11-18(29)26-14-6-7-15(20)16(21)9-14)10-17(28)25-13-5-3-4-12(8-13)19(22,23)24;/h3-9H,10-11H2,1-2H3,(H-,25,26,28,29);1H/p+1. The fourth-order valence-corrected chi connectivity index (χ4v) is 2.88. The summed E-state index contributed by atoms with van der Waals surface area (Å²) in [7, 11) is 3.31. The van der Waals surface area contributed by atoms with Crippen LogP contribution in [0.15, 0.2) is 42.5 Å². The number of alkyl halides is 3. The summed E-state index contributed by atoms with van der Waals surface area (Å²) in [6.45, 7) is -0.165. The molecule has 2 amide bonds. The summed E-state index contributed by atoms with van der Waals surface area (Å²) in [4.78, 5) is 24.5. The van der Waals surface area contributed by atoms with Gasteiger partial charge in [0, 0.05) is 11.4 Å². The summed E-state index contributed by atoms with van der Waals surface area (Å²) in [6, 6.07) is 8.99. The van der Waals surface area contributed by atoms with Crippen molar-refractivity contribution in [3.05, 3.63) is 58.1 Å². The molecule has 11 heteroatoms. The lowest BCUT2D eigenvalue weighted by Crippen LogP contribution is -2.49. The van der Waals surface area contributed by atoms with E-state index in [2.05, 4.69) is 10.6 Å². The maximum absolute atomic E-state index is 12.8. The maximum atomic E-state index is 12.8. The first-order chi connectivity index (χ1) is 13.4. The van der Waals surface area contributed by atoms with Crippen molar-refractivity contribution in [1.29, 1.82) is 0 Å². The monoisotopic (exact) mass is 484 g/mol. The molecule has 0 aliphatic carbocycles. The molecule has 0 bridgehead atoms. The molecule has 5 nitrogen and oxygen atoms in total. The van der Waals surface area contributed by atoms with Crippen LogP contribution in [0.25, 0.3) is 0 Å². The lowest BCUT2D eigenvalue weighted by molar-refractivity contribution is -0.874. The Hall–Kier alpha value is -2.00. The number of quaternary nitrogens is 1. The minimum absolute atomic E-state index is 0. The Morgan fingerprint density at radius 3 is 1.93 bits per heavy atom. The first-order valence-electron chi connectivity index (χ1n) is 8.40. The average Bonchev–Trinajstić information content (AvgIpc) is 2.56. The molecule has 0 aliphatic heterocycles. The molecule has 0 spiro atoms. The van der Waals surface area contributed by atoms with Crippen LogP contribution < -0.4 is 10.6 Å². The zero-order valence-electron chi connectivity index (χ0n) is 16.0. The van der Waals surface area contributed by atoms with Gasteiger partial charge in [0.05, 0.1) is 29.7 Å². The zero-order valence-corrected chi connectivity index (χ0v) is 18.3. The van der Waals surface area contributed by atoms with Crippen molar-refractivity contribution in [3.8, 4) is 0 Å². The van der Waals surface area contributed by atoms with Crippen LogP contribution in [0.3, 0.4) is 0 Å². The number of nitrogens with zero attached hydrogens (tertiary/aromatic N) is 1. The van der Waals surface area contributed by atoms with Crippen molar-refractivity contribution in [1.82, 2.24) is 0 Å². The normalized spacial score (nSPS) is 11.4. The Kier molecular flexibility index (Phi) is 8.98. The maximum Gasteiger partial charge on any atom is 0.416 e. The largest absolute Gasteiger partial charge is 0.416 e. The summed E-state index contributed by atoms with van der Waals surface area (Å²) >= 11 is 11.7. The molecule has 164 valence electrons. The number of hydrogen-bond acceptors (Lipinski definition) is 2. The van der Waals surface area contributed by atoms with Crippen molar-refractivity contribution in [2.24, 2.45) is 0 Å². The fourth-order valence-electron chi connectivity index (χ4n) is 2.58. The van der Waals surface area contributed by atoms with E-state index in [4.69, 9.17) is 23.2 Å². The lowest BCUT2D eigenvalue weighted by atomic mass is 10.2. The van der Waals surface area contributed by atoms with E-state index < -0.39 is 17.6 Å². The van der Waals surface area contributed by atoms with Crippen LogP contribution >= 0.6 is 35.6 Å². The van der Waals surface area contributed by atoms with Crippen LogP contribution in [0.1, 0.15) is 5.56 Å². The Morgan fingerprint density at radius 1 is 0.900 bits per heavy atom. The molecule has 30 heavy (non-hydrogen) atoms. The second kappa shape index (κ2) is 10.3. The van der Waals surface area contributed by atoms with Gasteiger partial charge in [0.15, 0.2) is 13.1 Å². The number of anilines is 2. The number of carbonyl (C=O) groups is 2. The highest BCUT2D eigenvalue weighted by atomic mass is 35.5. The molecule has 0 atom stereocenters. The van der Waals surface area contributed by atoms with Gasteiger partial charge in [0.25, 0.3) is 11.8 Å². The van der Waals surface area contributed by atoms with Gasteiger partial charge in [-0.2, -0.15) is 13.2 Å². The van der Waals surface area contributed by atoms with Crippen molar-refractivity contribution in [2.75, 3.05) is 37.8 Å². The molecule has 2 aromatic rings. The number of benzene rings is 2. The third-order valence-corrected chi connectivity index (χ3v) is 4.56. The highest BCUT2D eigenvalue weighted by Crippen LogP contribution is 2.30. The number of amides is 2. The van der Waals surface area contributed by atoms with Gasteiger partial charge in [-0.3, -0.25) is 9.59 Å². The SMILES string of the molecule is C[N+](C)(CC(=O)Nc1cccc(C(F)(F)F)c1)CC(=O)Nc1ccc(Cl)c(Cl)c1.Cl. The molecule has 0 aliphatic rings. The number of hydrogen-bond donors (Lipinski definition) is 2. The summed E-state index contributed by atoms with van der Waals surface area (Å²) in [5.74, 6) is -0.878. The Labute approximate surface area is 188 Å². The van der Waals surface area contributed by atoms with Gasteiger partial charge in [0.1, 0.15) is 0 Å². The summed E-state index contributed by atoms with van der Waals surface area (Å²) in [6.07, 6.45) is -4.50. The Morgan fingerprint density at radius 2 is 1.43 bits per heavy atom. The third-order valence-electron chi connectivity index (χ3n) is 3.82. The van der Waals surface area contributed by atoms with Gasteiger partial charge in [-0.25, -0.2) is 0 Å². The molecule has 0 aromatic heterocycles. The van der Waals surface area contributed by atoms with E-state index >= 15 is 0 Å². The number of nitrogens with one attached hydrogen (secondary N) is 2. The molecule has 0 fully saturated rings. The second-order valence-corrected chi connectivity index (χ2v) is 7.87. The zero-order chi connectivity index (χ0) is 21.8. The molecule has 2 aromatic carbocycles. The van der Waals surface area contributed by atoms with Gasteiger partial charge in [-0.15, -0.1) is 12.4 Å². The lowest BCUT2D eigenvalue weighted by Gasteiger charge is -2.28. The van der Waals surface area contributed by atoms with Crippen molar-refractivity contribution >= 4 is 58.8 Å². The van der Waals surface area contributed by atoms with Gasteiger partial charge < -0.3 is 15.1 Å². The second-order valence-electron chi connectivity index (χ2n) is 7.06. The quantitative estimate of drug-likeness (QED) is 0.560. The van der Waals surface area contributed by atoms with E-state index in [0.29, 0.717) is 15.7 Å². The fraction of sp³-hybridized carbons (Fsp3) is 0.263. The van der Waals surface area contributed by atoms with Crippen LogP contribution in [0.5, 0.6) is 0 Å². The number of rotatable bonds is 6. The smallest absolute Gasteiger partial charge is 0.321 e. The molecule has 0 heterocycles. The van der Waals surface area contributed by atoms with Crippen molar-refractivity contribution in [3.63, 3.8) is 0 Å². The topological polar surface area (TPSA) is 58.2 Å². The molecule has 2 N–H and O–H groups in total. The molecule has 0 saturated carbocycles. The first-order valence-corrected chi connectivity index (χ1v) is 9.15. The molecule has 0 saturated heterocycles. The summed E-state index contributed by atoms with van der Waals surface area (Å²) < 4.78 is 38.3. The van der Waals surface area contributed by atoms with Gasteiger partial charge >= 0.3 is 6.18 Å². The van der Waals surface area contributed by atoms with Gasteiger partial charge in [-0.1, -0.05) is 29.3 Å². The molecule has 0 unspecified atom stereocenters. The van der Waals surface area contributed by atoms with Gasteiger partial charge in [0.2, 0.25) is 0 Å². The summed E-state index contributed by atoms with van der Waals surface area (Å²) in [5, 5.41) is 5.73. The predicted molar refractivity (Wildman–Crippen MR) is 114 cm³/mol. The van der Waals surface area contributed by atoms with Crippen LogP contribution in [-0.4, -0.2) is 43.5 Å². The van der Waals surface area contributed by atoms with Gasteiger partial charge in [-0.05, 0) is 36.4 Å². The predicted octanol–water partition coefficient (Wildman–Crippen LogP) is 5.09. The van der Waals surface area contributed by atoms with Crippen LogP contribution in [0.4, 0.5) is 24.5 Å². The van der Waals surface area contributed by atoms with E-state index in [1.807, 2.05) is 0 Å². The molecular weight excluding hydrogens is 466 g/mol. The van der Waals surface area contributed by atoms with Crippen LogP contribution in [0.2, 0.25) is 10.0 Å². The minimum Gasteiger partial charge on any atom is -0.321 e. The summed E-state index contributed by atoms with van der Waals surface area (Å²) in [5.41, 5.74) is -0.368. The third kappa shape index (κ3) is 8.02. The van der Waals surface area contributed by atoms with E-state index in [-0.39, 0.29) is 41.6 Å². The van der Waals surface area contributed by atoms with Crippen molar-refractivity contribution in [2.45, 2.75) is 6.18 Å². The highest BCUT2D eigenvalue weighted by molar-refractivity contribution is 6.42. The van der Waals surface area contributed by atoms with E-state index in [0.717, 1.165) is 12.1 Å². The van der Waals surface area contributed by atoms with Crippen LogP contribution in [-0.2, 0) is 15.8 Å². The van der Waals surface area contributed by atoms with E-state index in [1.54, 1.807) is 26.2 Å². The Balaban J connectivity index is 0.00000450. The number of carbonyl (C=O) groups excluding carboxylic acids is 2. The number of halogens is 6.